The van der Waals surface area contributed by atoms with Gasteiger partial charge in [0, 0.05) is 35.8 Å². The van der Waals surface area contributed by atoms with E-state index in [0.717, 1.165) is 0 Å². The van der Waals surface area contributed by atoms with Gasteiger partial charge in [-0.25, -0.2) is 12.8 Å². The molecule has 1 unspecified atom stereocenters. The number of nitrogens with zero attached hydrogens (tertiary/aromatic N) is 1. The number of rotatable bonds is 3. The number of benzene rings is 1. The molecule has 1 saturated heterocycles. The molecule has 1 heterocycles. The number of amides is 1. The van der Waals surface area contributed by atoms with Gasteiger partial charge in [-0.05, 0) is 6.07 Å². The fourth-order valence-electron chi connectivity index (χ4n) is 1.91. The maximum absolute atomic E-state index is 13.4. The van der Waals surface area contributed by atoms with Crippen LogP contribution in [0.15, 0.2) is 24.3 Å². The van der Waals surface area contributed by atoms with Crippen molar-refractivity contribution in [1.82, 2.24) is 4.90 Å². The van der Waals surface area contributed by atoms with Crippen molar-refractivity contribution in [3.63, 3.8) is 0 Å². The summed E-state index contributed by atoms with van der Waals surface area (Å²) in [5, 5.41) is -0.904. The Morgan fingerprint density at radius 1 is 1.39 bits per heavy atom. The highest BCUT2D eigenvalue weighted by atomic mass is 35.7. The molecule has 0 spiro atoms. The predicted octanol–water partition coefficient (Wildman–Crippen LogP) is 1.50. The second-order valence-electron chi connectivity index (χ2n) is 4.17. The zero-order valence-electron chi connectivity index (χ0n) is 9.34. The van der Waals surface area contributed by atoms with Gasteiger partial charge in [0.05, 0.1) is 0 Å². The van der Waals surface area contributed by atoms with Crippen molar-refractivity contribution >= 4 is 25.6 Å². The molecule has 1 aromatic carbocycles. The average Bonchev–Trinajstić information content (AvgIpc) is 2.63. The fraction of sp³-hybridized carbons (Fsp3) is 0.364. The second-order valence-corrected chi connectivity index (χ2v) is 7.08. The van der Waals surface area contributed by atoms with Crippen LogP contribution in [0.5, 0.6) is 0 Å². The molecule has 0 radical (unpaired) electrons. The van der Waals surface area contributed by atoms with Crippen molar-refractivity contribution in [2.75, 3.05) is 6.54 Å². The summed E-state index contributed by atoms with van der Waals surface area (Å²) in [6, 6.07) is 6.07. The van der Waals surface area contributed by atoms with Crippen LogP contribution in [0.3, 0.4) is 0 Å². The highest BCUT2D eigenvalue weighted by Crippen LogP contribution is 2.23. The molecular formula is C11H11ClFNO3S. The van der Waals surface area contributed by atoms with Crippen molar-refractivity contribution in [3.05, 3.63) is 35.6 Å². The van der Waals surface area contributed by atoms with E-state index in [4.69, 9.17) is 10.7 Å². The van der Waals surface area contributed by atoms with Crippen LogP contribution in [0.1, 0.15) is 12.0 Å². The third-order valence-electron chi connectivity index (χ3n) is 2.90. The molecule has 0 aromatic heterocycles. The molecule has 1 amide bonds. The van der Waals surface area contributed by atoms with Crippen molar-refractivity contribution in [2.24, 2.45) is 0 Å². The van der Waals surface area contributed by atoms with E-state index in [9.17, 15) is 17.6 Å². The molecule has 1 aliphatic heterocycles. The monoisotopic (exact) mass is 291 g/mol. The van der Waals surface area contributed by atoms with Crippen molar-refractivity contribution in [3.8, 4) is 0 Å². The van der Waals surface area contributed by atoms with Crippen LogP contribution >= 0.6 is 10.7 Å². The SMILES string of the molecule is O=C1CC(S(=O)(=O)Cl)CN1Cc1ccccc1F. The van der Waals surface area contributed by atoms with Gasteiger partial charge >= 0.3 is 0 Å². The summed E-state index contributed by atoms with van der Waals surface area (Å²) in [4.78, 5) is 12.9. The molecule has 4 nitrogen and oxygen atoms in total. The van der Waals surface area contributed by atoms with Gasteiger partial charge in [0.15, 0.2) is 0 Å². The van der Waals surface area contributed by atoms with Crippen LogP contribution in [0, 0.1) is 5.82 Å². The lowest BCUT2D eigenvalue weighted by Gasteiger charge is -2.16. The zero-order valence-corrected chi connectivity index (χ0v) is 10.9. The molecule has 7 heteroatoms. The Morgan fingerprint density at radius 2 is 2.06 bits per heavy atom. The topological polar surface area (TPSA) is 54.5 Å². The number of hydrogen-bond acceptors (Lipinski definition) is 3. The standard InChI is InChI=1S/C11H11ClFNO3S/c12-18(16,17)9-5-11(15)14(7-9)6-8-3-1-2-4-10(8)13/h1-4,9H,5-7H2. The van der Waals surface area contributed by atoms with Crippen LogP contribution in [0.2, 0.25) is 0 Å². The van der Waals surface area contributed by atoms with Gasteiger partial charge in [-0.15, -0.1) is 0 Å². The van der Waals surface area contributed by atoms with Gasteiger partial charge < -0.3 is 4.90 Å². The van der Waals surface area contributed by atoms with Gasteiger partial charge in [0.1, 0.15) is 11.1 Å². The highest BCUT2D eigenvalue weighted by molar-refractivity contribution is 8.14. The Balaban J connectivity index is 2.13. The molecule has 0 bridgehead atoms. The van der Waals surface area contributed by atoms with E-state index < -0.39 is 20.1 Å². The van der Waals surface area contributed by atoms with E-state index in [2.05, 4.69) is 0 Å². The normalized spacial score (nSPS) is 20.4. The second kappa shape index (κ2) is 4.85. The lowest BCUT2D eigenvalue weighted by atomic mass is 10.2. The molecule has 18 heavy (non-hydrogen) atoms. The zero-order chi connectivity index (χ0) is 13.3. The Morgan fingerprint density at radius 3 is 2.61 bits per heavy atom. The summed E-state index contributed by atoms with van der Waals surface area (Å²) in [6.07, 6.45) is -0.139. The predicted molar refractivity (Wildman–Crippen MR) is 65.0 cm³/mol. The van der Waals surface area contributed by atoms with Gasteiger partial charge in [0.25, 0.3) is 0 Å². The molecule has 0 N–H and O–H groups in total. The van der Waals surface area contributed by atoms with Crippen molar-refractivity contribution < 1.29 is 17.6 Å². The Labute approximate surface area is 109 Å². The first-order valence-electron chi connectivity index (χ1n) is 5.32. The van der Waals surface area contributed by atoms with Gasteiger partial charge in [-0.3, -0.25) is 4.79 Å². The van der Waals surface area contributed by atoms with Crippen LogP contribution in [0.25, 0.3) is 0 Å². The number of halogens is 2. The highest BCUT2D eigenvalue weighted by Gasteiger charge is 2.37. The molecular weight excluding hydrogens is 281 g/mol. The molecule has 1 fully saturated rings. The number of carbonyl (C=O) groups is 1. The summed E-state index contributed by atoms with van der Waals surface area (Å²) >= 11 is 0. The van der Waals surface area contributed by atoms with Crippen LogP contribution in [0.4, 0.5) is 4.39 Å². The molecule has 0 saturated carbocycles. The average molecular weight is 292 g/mol. The Bertz CT molecular complexity index is 575. The summed E-state index contributed by atoms with van der Waals surface area (Å²) in [5.74, 6) is -0.741. The Hall–Kier alpha value is -1.14. The third-order valence-corrected chi connectivity index (χ3v) is 4.76. The largest absolute Gasteiger partial charge is 0.337 e. The first-order valence-corrected chi connectivity index (χ1v) is 7.70. The minimum atomic E-state index is -3.75. The van der Waals surface area contributed by atoms with Gasteiger partial charge in [-0.1, -0.05) is 18.2 Å². The maximum atomic E-state index is 13.4. The summed E-state index contributed by atoms with van der Waals surface area (Å²) in [6.45, 7) is 0.0768. The summed E-state index contributed by atoms with van der Waals surface area (Å²) in [7, 11) is 1.47. The summed E-state index contributed by atoms with van der Waals surface area (Å²) in [5.41, 5.74) is 0.360. The van der Waals surface area contributed by atoms with Gasteiger partial charge in [-0.2, -0.15) is 0 Å². The van der Waals surface area contributed by atoms with E-state index in [1.807, 2.05) is 0 Å². The third kappa shape index (κ3) is 2.81. The molecule has 1 atom stereocenters. The van der Waals surface area contributed by atoms with E-state index in [1.165, 1.54) is 11.0 Å². The number of likely N-dealkylation sites (tertiary alicyclic amines) is 1. The van der Waals surface area contributed by atoms with E-state index in [1.54, 1.807) is 18.2 Å². The lowest BCUT2D eigenvalue weighted by Crippen LogP contribution is -2.27. The van der Waals surface area contributed by atoms with Crippen LogP contribution < -0.4 is 0 Å². The number of carbonyl (C=O) groups excluding carboxylic acids is 1. The van der Waals surface area contributed by atoms with Gasteiger partial charge in [0.2, 0.25) is 15.0 Å². The molecule has 98 valence electrons. The van der Waals surface area contributed by atoms with E-state index in [0.29, 0.717) is 5.56 Å². The minimum Gasteiger partial charge on any atom is -0.337 e. The van der Waals surface area contributed by atoms with E-state index in [-0.39, 0.29) is 25.4 Å². The van der Waals surface area contributed by atoms with Crippen molar-refractivity contribution in [1.29, 1.82) is 0 Å². The molecule has 1 aliphatic rings. The lowest BCUT2D eigenvalue weighted by molar-refractivity contribution is -0.128. The minimum absolute atomic E-state index is 0.0129. The van der Waals surface area contributed by atoms with Crippen LogP contribution in [-0.2, 0) is 20.4 Å². The molecule has 2 rings (SSSR count). The number of hydrogen-bond donors (Lipinski definition) is 0. The maximum Gasteiger partial charge on any atom is 0.237 e. The molecule has 0 aliphatic carbocycles. The Kier molecular flexibility index (Phi) is 3.59. The van der Waals surface area contributed by atoms with Crippen LogP contribution in [-0.4, -0.2) is 31.0 Å². The van der Waals surface area contributed by atoms with E-state index >= 15 is 0 Å². The quantitative estimate of drug-likeness (QED) is 0.793. The summed E-state index contributed by atoms with van der Waals surface area (Å²) < 4.78 is 35.7. The fourth-order valence-corrected chi connectivity index (χ4v) is 2.97. The smallest absolute Gasteiger partial charge is 0.237 e. The van der Waals surface area contributed by atoms with Crippen molar-refractivity contribution in [2.45, 2.75) is 18.2 Å². The first kappa shape index (κ1) is 13.3. The molecule has 1 aromatic rings. The first-order chi connectivity index (χ1) is 8.38.